The van der Waals surface area contributed by atoms with Gasteiger partial charge < -0.3 is 10.8 Å². The number of thiophene rings is 2. The van der Waals surface area contributed by atoms with Gasteiger partial charge in [0, 0.05) is 36.8 Å². The summed E-state index contributed by atoms with van der Waals surface area (Å²) in [4.78, 5) is 0.892. The van der Waals surface area contributed by atoms with E-state index in [-0.39, 0.29) is 12.5 Å². The molecule has 2 unspecified atom stereocenters. The Balaban J connectivity index is 2.01. The van der Waals surface area contributed by atoms with Gasteiger partial charge in [0.25, 0.3) is 0 Å². The molecule has 0 radical (unpaired) electrons. The molecular weight excluding hydrogens is 345 g/mol. The molecule has 2 nitrogen and oxygen atoms in total. The third-order valence-electron chi connectivity index (χ3n) is 3.46. The lowest BCUT2D eigenvalue weighted by Gasteiger charge is -2.23. The van der Waals surface area contributed by atoms with Crippen LogP contribution in [0.25, 0.3) is 9.40 Å². The van der Waals surface area contributed by atoms with E-state index in [9.17, 15) is 5.11 Å². The highest BCUT2D eigenvalue weighted by Crippen LogP contribution is 2.42. The summed E-state index contributed by atoms with van der Waals surface area (Å²) in [6.45, 7) is 0.274. The van der Waals surface area contributed by atoms with Crippen molar-refractivity contribution in [2.24, 2.45) is 5.73 Å². The minimum absolute atomic E-state index is 0.274. The maximum atomic E-state index is 10.7. The standard InChI is InChI=1S/C15H13Cl2NOS2/c16-9-2-1-3-10(17)14(9)8(7-18)15(19)13-6-12-11(21-13)4-5-20-12/h1-6,8,15,19H,7,18H2. The molecule has 21 heavy (non-hydrogen) atoms. The Morgan fingerprint density at radius 1 is 1.14 bits per heavy atom. The van der Waals surface area contributed by atoms with Crippen LogP contribution in [-0.2, 0) is 0 Å². The van der Waals surface area contributed by atoms with Crippen molar-refractivity contribution < 1.29 is 5.11 Å². The second kappa shape index (κ2) is 6.24. The van der Waals surface area contributed by atoms with Gasteiger partial charge in [-0.15, -0.1) is 22.7 Å². The third kappa shape index (κ3) is 2.84. The van der Waals surface area contributed by atoms with Crippen molar-refractivity contribution in [1.29, 1.82) is 0 Å². The van der Waals surface area contributed by atoms with Crippen LogP contribution in [0.3, 0.4) is 0 Å². The normalized spacial score (nSPS) is 14.5. The number of fused-ring (bicyclic) bond motifs is 1. The molecule has 0 aliphatic heterocycles. The van der Waals surface area contributed by atoms with Crippen LogP contribution in [0.4, 0.5) is 0 Å². The Morgan fingerprint density at radius 2 is 1.86 bits per heavy atom. The fourth-order valence-electron chi connectivity index (χ4n) is 2.40. The molecule has 2 atom stereocenters. The Kier molecular flexibility index (Phi) is 4.54. The van der Waals surface area contributed by atoms with Crippen LogP contribution in [-0.4, -0.2) is 11.7 Å². The Morgan fingerprint density at radius 3 is 2.48 bits per heavy atom. The Bertz CT molecular complexity index is 719. The third-order valence-corrected chi connectivity index (χ3v) is 6.28. The summed E-state index contributed by atoms with van der Waals surface area (Å²) in [5.74, 6) is -0.320. The lowest BCUT2D eigenvalue weighted by atomic mass is 9.92. The smallest absolute Gasteiger partial charge is 0.0964 e. The maximum absolute atomic E-state index is 10.7. The number of halogens is 2. The SMILES string of the molecule is NCC(c1c(Cl)cccc1Cl)C(O)c1cc2sccc2s1. The van der Waals surface area contributed by atoms with Gasteiger partial charge in [-0.05, 0) is 35.2 Å². The first kappa shape index (κ1) is 15.3. The van der Waals surface area contributed by atoms with E-state index in [4.69, 9.17) is 28.9 Å². The zero-order valence-electron chi connectivity index (χ0n) is 10.9. The van der Waals surface area contributed by atoms with Crippen molar-refractivity contribution in [2.75, 3.05) is 6.54 Å². The number of hydrogen-bond acceptors (Lipinski definition) is 4. The highest BCUT2D eigenvalue weighted by Gasteiger charge is 2.27. The Labute approximate surface area is 140 Å². The molecule has 3 rings (SSSR count). The minimum atomic E-state index is -0.711. The lowest BCUT2D eigenvalue weighted by Crippen LogP contribution is -2.20. The van der Waals surface area contributed by atoms with Crippen molar-refractivity contribution in [2.45, 2.75) is 12.0 Å². The molecule has 0 bridgehead atoms. The predicted molar refractivity (Wildman–Crippen MR) is 92.9 cm³/mol. The van der Waals surface area contributed by atoms with E-state index >= 15 is 0 Å². The molecule has 0 fully saturated rings. The summed E-state index contributed by atoms with van der Waals surface area (Å²) in [5.41, 5.74) is 6.60. The van der Waals surface area contributed by atoms with E-state index < -0.39 is 6.10 Å². The second-order valence-electron chi connectivity index (χ2n) is 4.72. The molecule has 0 aliphatic carbocycles. The molecule has 0 amide bonds. The van der Waals surface area contributed by atoms with E-state index in [2.05, 4.69) is 6.07 Å². The van der Waals surface area contributed by atoms with Crippen LogP contribution in [0.15, 0.2) is 35.7 Å². The summed E-state index contributed by atoms with van der Waals surface area (Å²) in [6.07, 6.45) is -0.711. The largest absolute Gasteiger partial charge is 0.387 e. The second-order valence-corrected chi connectivity index (χ2v) is 7.60. The lowest BCUT2D eigenvalue weighted by molar-refractivity contribution is 0.151. The van der Waals surface area contributed by atoms with Crippen LogP contribution in [0.1, 0.15) is 22.5 Å². The van der Waals surface area contributed by atoms with Crippen molar-refractivity contribution in [3.63, 3.8) is 0 Å². The molecule has 2 aromatic heterocycles. The zero-order valence-corrected chi connectivity index (χ0v) is 14.1. The van der Waals surface area contributed by atoms with E-state index in [0.717, 1.165) is 4.88 Å². The average molecular weight is 358 g/mol. The summed E-state index contributed by atoms with van der Waals surface area (Å²) < 4.78 is 2.35. The van der Waals surface area contributed by atoms with Crippen LogP contribution < -0.4 is 5.73 Å². The van der Waals surface area contributed by atoms with Crippen molar-refractivity contribution >= 4 is 55.3 Å². The summed E-state index contributed by atoms with van der Waals surface area (Å²) in [5, 5.41) is 13.8. The molecule has 3 aromatic rings. The van der Waals surface area contributed by atoms with Gasteiger partial charge in [-0.3, -0.25) is 0 Å². The topological polar surface area (TPSA) is 46.2 Å². The van der Waals surface area contributed by atoms with Gasteiger partial charge in [-0.1, -0.05) is 29.3 Å². The molecule has 0 saturated carbocycles. The molecule has 110 valence electrons. The highest BCUT2D eigenvalue weighted by atomic mass is 35.5. The van der Waals surface area contributed by atoms with Gasteiger partial charge in [-0.2, -0.15) is 0 Å². The van der Waals surface area contributed by atoms with Crippen molar-refractivity contribution in [1.82, 2.24) is 0 Å². The van der Waals surface area contributed by atoms with E-state index in [0.29, 0.717) is 15.6 Å². The maximum Gasteiger partial charge on any atom is 0.0964 e. The fraction of sp³-hybridized carbons (Fsp3) is 0.200. The summed E-state index contributed by atoms with van der Waals surface area (Å²) >= 11 is 15.7. The first-order chi connectivity index (χ1) is 10.1. The van der Waals surface area contributed by atoms with E-state index in [1.54, 1.807) is 40.9 Å². The van der Waals surface area contributed by atoms with Crippen LogP contribution in [0, 0.1) is 0 Å². The molecule has 0 aliphatic rings. The number of nitrogens with two attached hydrogens (primary N) is 1. The quantitative estimate of drug-likeness (QED) is 0.686. The average Bonchev–Trinajstić information content (AvgIpc) is 3.03. The molecule has 2 heterocycles. The fourth-order valence-corrected chi connectivity index (χ4v) is 5.25. The molecule has 0 spiro atoms. The van der Waals surface area contributed by atoms with Gasteiger partial charge in [0.2, 0.25) is 0 Å². The highest BCUT2D eigenvalue weighted by molar-refractivity contribution is 7.26. The molecule has 6 heteroatoms. The first-order valence-corrected chi connectivity index (χ1v) is 8.86. The molecule has 1 aromatic carbocycles. The predicted octanol–water partition coefficient (Wildman–Crippen LogP) is 5.05. The van der Waals surface area contributed by atoms with Crippen molar-refractivity contribution in [3.8, 4) is 0 Å². The number of benzene rings is 1. The molecule has 0 saturated heterocycles. The van der Waals surface area contributed by atoms with Gasteiger partial charge in [0.15, 0.2) is 0 Å². The van der Waals surface area contributed by atoms with Crippen molar-refractivity contribution in [3.05, 3.63) is 56.2 Å². The molecule has 3 N–H and O–H groups in total. The molecular formula is C15H13Cl2NOS2. The van der Waals surface area contributed by atoms with E-state index in [1.807, 2.05) is 11.4 Å². The van der Waals surface area contributed by atoms with Crippen LogP contribution >= 0.6 is 45.9 Å². The zero-order chi connectivity index (χ0) is 15.0. The summed E-state index contributed by atoms with van der Waals surface area (Å²) in [7, 11) is 0. The van der Waals surface area contributed by atoms with Gasteiger partial charge in [0.05, 0.1) is 6.10 Å². The van der Waals surface area contributed by atoms with E-state index in [1.165, 1.54) is 9.40 Å². The minimum Gasteiger partial charge on any atom is -0.387 e. The number of aliphatic hydroxyl groups is 1. The first-order valence-electron chi connectivity index (χ1n) is 6.40. The van der Waals surface area contributed by atoms with Crippen LogP contribution in [0.5, 0.6) is 0 Å². The number of rotatable bonds is 4. The monoisotopic (exact) mass is 357 g/mol. The van der Waals surface area contributed by atoms with Gasteiger partial charge >= 0.3 is 0 Å². The van der Waals surface area contributed by atoms with Gasteiger partial charge in [-0.25, -0.2) is 0 Å². The van der Waals surface area contributed by atoms with Crippen LogP contribution in [0.2, 0.25) is 10.0 Å². The Hall–Kier alpha value is -0.620. The van der Waals surface area contributed by atoms with Gasteiger partial charge in [0.1, 0.15) is 0 Å². The number of hydrogen-bond donors (Lipinski definition) is 2. The summed E-state index contributed by atoms with van der Waals surface area (Å²) in [6, 6.07) is 9.40. The number of aliphatic hydroxyl groups excluding tert-OH is 1.